The maximum absolute atomic E-state index is 5.62. The van der Waals surface area contributed by atoms with Crippen LogP contribution < -0.4 is 11.3 Å². The third-order valence-electron chi connectivity index (χ3n) is 3.74. The molecule has 2 heterocycles. The van der Waals surface area contributed by atoms with Gasteiger partial charge in [-0.3, -0.25) is 11.3 Å². The average Bonchev–Trinajstić information content (AvgIpc) is 2.97. The number of hydrogen-bond donors (Lipinski definition) is 2. The van der Waals surface area contributed by atoms with Crippen molar-refractivity contribution in [2.45, 2.75) is 50.7 Å². The molecule has 2 fully saturated rings. The lowest BCUT2D eigenvalue weighted by atomic mass is 9.95. The molecule has 4 nitrogen and oxygen atoms in total. The minimum absolute atomic E-state index is 0.427. The molecule has 0 spiro atoms. The van der Waals surface area contributed by atoms with Gasteiger partial charge in [0, 0.05) is 25.9 Å². The van der Waals surface area contributed by atoms with E-state index in [1.165, 1.54) is 19.3 Å². The molecule has 4 heteroatoms. The van der Waals surface area contributed by atoms with Crippen LogP contribution >= 0.6 is 0 Å². The molecule has 0 aromatic heterocycles. The Bertz CT molecular complexity index is 189. The van der Waals surface area contributed by atoms with Crippen LogP contribution in [0.4, 0.5) is 0 Å². The fourth-order valence-electron chi connectivity index (χ4n) is 2.70. The van der Waals surface area contributed by atoms with Gasteiger partial charge in [-0.15, -0.1) is 0 Å². The number of hydrogen-bond acceptors (Lipinski definition) is 4. The number of nitrogens with two attached hydrogens (primary N) is 1. The Hall–Kier alpha value is -0.160. The van der Waals surface area contributed by atoms with Crippen molar-refractivity contribution in [1.29, 1.82) is 0 Å². The summed E-state index contributed by atoms with van der Waals surface area (Å²) >= 11 is 0. The van der Waals surface area contributed by atoms with Crippen molar-refractivity contribution in [2.24, 2.45) is 11.8 Å². The fraction of sp³-hybridized carbons (Fsp3) is 1.00. The van der Waals surface area contributed by atoms with Crippen LogP contribution in [0.3, 0.4) is 0 Å². The molecule has 3 unspecified atom stereocenters. The van der Waals surface area contributed by atoms with Crippen molar-refractivity contribution in [3.63, 3.8) is 0 Å². The Kier molecular flexibility index (Phi) is 5.03. The molecule has 2 aliphatic rings. The SMILES string of the molecule is NNC(CCC1CCCO1)CC1CCOC1. The molecule has 3 N–H and O–H groups in total. The van der Waals surface area contributed by atoms with E-state index in [1.807, 2.05) is 0 Å². The quantitative estimate of drug-likeness (QED) is 0.530. The third kappa shape index (κ3) is 3.70. The summed E-state index contributed by atoms with van der Waals surface area (Å²) in [4.78, 5) is 0. The Morgan fingerprint density at radius 1 is 1.31 bits per heavy atom. The minimum atomic E-state index is 0.427. The molecule has 3 atom stereocenters. The summed E-state index contributed by atoms with van der Waals surface area (Å²) in [6.07, 6.45) is 7.53. The van der Waals surface area contributed by atoms with E-state index >= 15 is 0 Å². The molecular formula is C12H24N2O2. The number of nitrogens with one attached hydrogen (secondary N) is 1. The first-order valence-electron chi connectivity index (χ1n) is 6.54. The van der Waals surface area contributed by atoms with E-state index in [0.717, 1.165) is 39.1 Å². The van der Waals surface area contributed by atoms with Crippen LogP contribution in [0, 0.1) is 5.92 Å². The van der Waals surface area contributed by atoms with E-state index in [1.54, 1.807) is 0 Å². The van der Waals surface area contributed by atoms with Crippen LogP contribution in [0.2, 0.25) is 0 Å². The van der Waals surface area contributed by atoms with Crippen molar-refractivity contribution in [3.8, 4) is 0 Å². The van der Waals surface area contributed by atoms with Gasteiger partial charge in [0.1, 0.15) is 0 Å². The Morgan fingerprint density at radius 3 is 2.88 bits per heavy atom. The molecule has 0 amide bonds. The molecule has 0 aliphatic carbocycles. The number of rotatable bonds is 6. The van der Waals surface area contributed by atoms with Gasteiger partial charge >= 0.3 is 0 Å². The van der Waals surface area contributed by atoms with Crippen LogP contribution in [-0.2, 0) is 9.47 Å². The van der Waals surface area contributed by atoms with Gasteiger partial charge in [-0.1, -0.05) is 0 Å². The second-order valence-corrected chi connectivity index (χ2v) is 5.04. The van der Waals surface area contributed by atoms with Crippen LogP contribution in [0.25, 0.3) is 0 Å². The lowest BCUT2D eigenvalue weighted by Crippen LogP contribution is -2.37. The zero-order chi connectivity index (χ0) is 11.2. The standard InChI is InChI=1S/C12H24N2O2/c13-14-11(8-10-5-7-15-9-10)3-4-12-2-1-6-16-12/h10-12,14H,1-9,13H2. The molecule has 16 heavy (non-hydrogen) atoms. The first-order chi connectivity index (χ1) is 7.88. The molecule has 0 bridgehead atoms. The van der Waals surface area contributed by atoms with Crippen LogP contribution in [0.1, 0.15) is 38.5 Å². The molecule has 0 saturated carbocycles. The number of ether oxygens (including phenoxy) is 2. The Morgan fingerprint density at radius 2 is 2.25 bits per heavy atom. The maximum Gasteiger partial charge on any atom is 0.0576 e. The topological polar surface area (TPSA) is 56.5 Å². The monoisotopic (exact) mass is 228 g/mol. The molecule has 0 radical (unpaired) electrons. The molecular weight excluding hydrogens is 204 g/mol. The first kappa shape index (κ1) is 12.3. The summed E-state index contributed by atoms with van der Waals surface area (Å²) in [5, 5.41) is 0. The maximum atomic E-state index is 5.62. The van der Waals surface area contributed by atoms with Crippen LogP contribution in [-0.4, -0.2) is 32.0 Å². The van der Waals surface area contributed by atoms with Crippen molar-refractivity contribution in [2.75, 3.05) is 19.8 Å². The highest BCUT2D eigenvalue weighted by Crippen LogP contribution is 2.22. The second kappa shape index (κ2) is 6.55. The molecule has 2 saturated heterocycles. The van der Waals surface area contributed by atoms with Crippen LogP contribution in [0.15, 0.2) is 0 Å². The summed E-state index contributed by atoms with van der Waals surface area (Å²) in [6, 6.07) is 0.427. The van der Waals surface area contributed by atoms with Crippen molar-refractivity contribution >= 4 is 0 Å². The first-order valence-corrected chi connectivity index (χ1v) is 6.54. The normalized spacial score (nSPS) is 32.1. The fourth-order valence-corrected chi connectivity index (χ4v) is 2.70. The zero-order valence-corrected chi connectivity index (χ0v) is 9.99. The third-order valence-corrected chi connectivity index (χ3v) is 3.74. The molecule has 0 aromatic rings. The van der Waals surface area contributed by atoms with Gasteiger partial charge in [-0.05, 0) is 44.4 Å². The summed E-state index contributed by atoms with van der Waals surface area (Å²) in [5.74, 6) is 6.30. The predicted molar refractivity (Wildman–Crippen MR) is 62.9 cm³/mol. The van der Waals surface area contributed by atoms with Gasteiger partial charge in [0.25, 0.3) is 0 Å². The number of hydrazine groups is 1. The van der Waals surface area contributed by atoms with E-state index in [0.29, 0.717) is 18.1 Å². The minimum Gasteiger partial charge on any atom is -0.381 e. The van der Waals surface area contributed by atoms with Gasteiger partial charge in [-0.25, -0.2) is 0 Å². The highest BCUT2D eigenvalue weighted by atomic mass is 16.5. The predicted octanol–water partition coefficient (Wildman–Crippen LogP) is 1.20. The van der Waals surface area contributed by atoms with E-state index in [4.69, 9.17) is 15.3 Å². The van der Waals surface area contributed by atoms with Gasteiger partial charge < -0.3 is 9.47 Å². The molecule has 2 aliphatic heterocycles. The smallest absolute Gasteiger partial charge is 0.0576 e. The Balaban J connectivity index is 1.63. The average molecular weight is 228 g/mol. The van der Waals surface area contributed by atoms with Crippen molar-refractivity contribution in [1.82, 2.24) is 5.43 Å². The van der Waals surface area contributed by atoms with Crippen LogP contribution in [0.5, 0.6) is 0 Å². The lowest BCUT2D eigenvalue weighted by Gasteiger charge is -2.20. The van der Waals surface area contributed by atoms with Crippen molar-refractivity contribution in [3.05, 3.63) is 0 Å². The molecule has 94 valence electrons. The highest BCUT2D eigenvalue weighted by Gasteiger charge is 2.22. The van der Waals surface area contributed by atoms with Gasteiger partial charge in [-0.2, -0.15) is 0 Å². The van der Waals surface area contributed by atoms with E-state index in [2.05, 4.69) is 5.43 Å². The van der Waals surface area contributed by atoms with Crippen molar-refractivity contribution < 1.29 is 9.47 Å². The van der Waals surface area contributed by atoms with Gasteiger partial charge in [0.05, 0.1) is 6.10 Å². The molecule has 0 aromatic carbocycles. The summed E-state index contributed by atoms with van der Waals surface area (Å²) < 4.78 is 11.0. The Labute approximate surface area is 97.8 Å². The zero-order valence-electron chi connectivity index (χ0n) is 9.99. The second-order valence-electron chi connectivity index (χ2n) is 5.04. The van der Waals surface area contributed by atoms with E-state index < -0.39 is 0 Å². The van der Waals surface area contributed by atoms with Gasteiger partial charge in [0.15, 0.2) is 0 Å². The van der Waals surface area contributed by atoms with E-state index in [9.17, 15) is 0 Å². The van der Waals surface area contributed by atoms with E-state index in [-0.39, 0.29) is 0 Å². The largest absolute Gasteiger partial charge is 0.381 e. The summed E-state index contributed by atoms with van der Waals surface area (Å²) in [7, 11) is 0. The molecule has 2 rings (SSSR count). The summed E-state index contributed by atoms with van der Waals surface area (Å²) in [6.45, 7) is 2.79. The lowest BCUT2D eigenvalue weighted by molar-refractivity contribution is 0.0983. The van der Waals surface area contributed by atoms with Gasteiger partial charge in [0.2, 0.25) is 0 Å². The highest BCUT2D eigenvalue weighted by molar-refractivity contribution is 4.75. The summed E-state index contributed by atoms with van der Waals surface area (Å²) in [5.41, 5.74) is 2.94.